The van der Waals surface area contributed by atoms with Crippen molar-refractivity contribution in [1.29, 1.82) is 0 Å². The van der Waals surface area contributed by atoms with Crippen LogP contribution in [0.4, 0.5) is 13.2 Å². The van der Waals surface area contributed by atoms with E-state index in [9.17, 15) is 18.3 Å². The maximum Gasteiger partial charge on any atom is 0.401 e. The second-order valence-corrected chi connectivity index (χ2v) is 5.98. The summed E-state index contributed by atoms with van der Waals surface area (Å²) in [6, 6.07) is 0.245. The van der Waals surface area contributed by atoms with Crippen molar-refractivity contribution in [2.45, 2.75) is 56.3 Å². The van der Waals surface area contributed by atoms with E-state index in [2.05, 4.69) is 5.32 Å². The fraction of sp³-hybridized carbons (Fsp3) is 1.00. The fourth-order valence-electron chi connectivity index (χ4n) is 3.09. The predicted molar refractivity (Wildman–Crippen MR) is 66.9 cm³/mol. The summed E-state index contributed by atoms with van der Waals surface area (Å²) in [5.41, 5.74) is -0.580. The van der Waals surface area contributed by atoms with Crippen LogP contribution in [-0.4, -0.2) is 54.0 Å². The Kier molecular flexibility index (Phi) is 4.74. The van der Waals surface area contributed by atoms with Crippen LogP contribution in [0.25, 0.3) is 0 Å². The van der Waals surface area contributed by atoms with Crippen LogP contribution >= 0.6 is 0 Å². The summed E-state index contributed by atoms with van der Waals surface area (Å²) in [6.45, 7) is 0.742. The van der Waals surface area contributed by atoms with Gasteiger partial charge in [-0.15, -0.1) is 0 Å². The number of aliphatic hydroxyl groups is 1. The molecule has 0 spiro atoms. The van der Waals surface area contributed by atoms with E-state index in [0.717, 1.165) is 38.5 Å². The lowest BCUT2D eigenvalue weighted by Gasteiger charge is -2.34. The van der Waals surface area contributed by atoms with Crippen molar-refractivity contribution in [1.82, 2.24) is 10.2 Å². The number of alkyl halides is 3. The Morgan fingerprint density at radius 1 is 1.16 bits per heavy atom. The van der Waals surface area contributed by atoms with Crippen LogP contribution in [0.15, 0.2) is 0 Å². The van der Waals surface area contributed by atoms with Gasteiger partial charge in [-0.05, 0) is 38.8 Å². The third-order valence-electron chi connectivity index (χ3n) is 4.24. The van der Waals surface area contributed by atoms with Crippen LogP contribution in [-0.2, 0) is 0 Å². The average Bonchev–Trinajstić information content (AvgIpc) is 2.74. The Balaban J connectivity index is 1.66. The average molecular weight is 280 g/mol. The number of likely N-dealkylation sites (tertiary alicyclic amines) is 1. The second-order valence-electron chi connectivity index (χ2n) is 5.98. The fourth-order valence-corrected chi connectivity index (χ4v) is 3.09. The molecule has 0 atom stereocenters. The number of hydrogen-bond acceptors (Lipinski definition) is 3. The standard InChI is InChI=1S/C13H23F3N2O/c14-13(15,16)10-18-7-3-11(4-8-18)17-9-12(19)5-1-2-6-12/h11,17,19H,1-10H2. The predicted octanol–water partition coefficient (Wildman–Crippen LogP) is 1.91. The van der Waals surface area contributed by atoms with Crippen LogP contribution < -0.4 is 5.32 Å². The number of nitrogens with zero attached hydrogens (tertiary/aromatic N) is 1. The summed E-state index contributed by atoms with van der Waals surface area (Å²) < 4.78 is 36.7. The van der Waals surface area contributed by atoms with Crippen LogP contribution in [0.5, 0.6) is 0 Å². The molecular formula is C13H23F3N2O. The van der Waals surface area contributed by atoms with E-state index in [1.807, 2.05) is 0 Å². The number of rotatable bonds is 4. The van der Waals surface area contributed by atoms with Gasteiger partial charge in [0.1, 0.15) is 0 Å². The van der Waals surface area contributed by atoms with Crippen LogP contribution in [0.2, 0.25) is 0 Å². The molecule has 1 heterocycles. The molecule has 0 aromatic rings. The van der Waals surface area contributed by atoms with E-state index in [0.29, 0.717) is 19.6 Å². The minimum Gasteiger partial charge on any atom is -0.389 e. The molecule has 0 radical (unpaired) electrons. The molecule has 1 saturated heterocycles. The molecule has 0 bridgehead atoms. The van der Waals surface area contributed by atoms with Crippen molar-refractivity contribution in [3.05, 3.63) is 0 Å². The molecule has 1 aliphatic heterocycles. The molecule has 6 heteroatoms. The third kappa shape index (κ3) is 4.93. The highest BCUT2D eigenvalue weighted by Gasteiger charge is 2.34. The molecule has 2 fully saturated rings. The zero-order chi connectivity index (χ0) is 13.9. The molecule has 0 unspecified atom stereocenters. The molecule has 0 aromatic carbocycles. The summed E-state index contributed by atoms with van der Waals surface area (Å²) in [6.07, 6.45) is 1.18. The highest BCUT2D eigenvalue weighted by molar-refractivity contribution is 4.88. The van der Waals surface area contributed by atoms with E-state index in [-0.39, 0.29) is 6.04 Å². The summed E-state index contributed by atoms with van der Waals surface area (Å²) >= 11 is 0. The van der Waals surface area contributed by atoms with Crippen molar-refractivity contribution < 1.29 is 18.3 Å². The lowest BCUT2D eigenvalue weighted by Crippen LogP contribution is -2.49. The largest absolute Gasteiger partial charge is 0.401 e. The number of halogens is 3. The Morgan fingerprint density at radius 2 is 1.74 bits per heavy atom. The van der Waals surface area contributed by atoms with E-state index < -0.39 is 18.3 Å². The van der Waals surface area contributed by atoms with Crippen LogP contribution in [0.1, 0.15) is 38.5 Å². The molecule has 1 saturated carbocycles. The van der Waals surface area contributed by atoms with Gasteiger partial charge in [-0.1, -0.05) is 12.8 Å². The van der Waals surface area contributed by atoms with Gasteiger partial charge < -0.3 is 10.4 Å². The van der Waals surface area contributed by atoms with Gasteiger partial charge in [-0.25, -0.2) is 0 Å². The van der Waals surface area contributed by atoms with Gasteiger partial charge in [0.05, 0.1) is 12.1 Å². The number of nitrogens with one attached hydrogen (secondary N) is 1. The Bertz CT molecular complexity index is 282. The van der Waals surface area contributed by atoms with Gasteiger partial charge in [0.25, 0.3) is 0 Å². The Morgan fingerprint density at radius 3 is 2.26 bits per heavy atom. The van der Waals surface area contributed by atoms with E-state index in [1.54, 1.807) is 0 Å². The van der Waals surface area contributed by atoms with Crippen molar-refractivity contribution in [2.75, 3.05) is 26.2 Å². The Labute approximate surface area is 112 Å². The van der Waals surface area contributed by atoms with Crippen LogP contribution in [0.3, 0.4) is 0 Å². The van der Waals surface area contributed by atoms with Gasteiger partial charge in [-0.3, -0.25) is 4.90 Å². The minimum atomic E-state index is -4.10. The molecular weight excluding hydrogens is 257 g/mol. The van der Waals surface area contributed by atoms with Crippen molar-refractivity contribution in [3.63, 3.8) is 0 Å². The van der Waals surface area contributed by atoms with Gasteiger partial charge in [-0.2, -0.15) is 13.2 Å². The highest BCUT2D eigenvalue weighted by atomic mass is 19.4. The zero-order valence-corrected chi connectivity index (χ0v) is 11.2. The quantitative estimate of drug-likeness (QED) is 0.826. The van der Waals surface area contributed by atoms with Gasteiger partial charge in [0.15, 0.2) is 0 Å². The lowest BCUT2D eigenvalue weighted by molar-refractivity contribution is -0.148. The molecule has 0 aromatic heterocycles. The summed E-state index contributed by atoms with van der Waals surface area (Å²) in [5.74, 6) is 0. The monoisotopic (exact) mass is 280 g/mol. The van der Waals surface area contributed by atoms with Gasteiger partial charge >= 0.3 is 6.18 Å². The molecule has 112 valence electrons. The third-order valence-corrected chi connectivity index (χ3v) is 4.24. The second kappa shape index (κ2) is 5.97. The first kappa shape index (κ1) is 15.1. The molecule has 0 amide bonds. The highest BCUT2D eigenvalue weighted by Crippen LogP contribution is 2.29. The smallest absolute Gasteiger partial charge is 0.389 e. The lowest BCUT2D eigenvalue weighted by atomic mass is 10.00. The van der Waals surface area contributed by atoms with Gasteiger partial charge in [0, 0.05) is 12.6 Å². The van der Waals surface area contributed by atoms with Crippen molar-refractivity contribution in [2.24, 2.45) is 0 Å². The number of piperidine rings is 1. The van der Waals surface area contributed by atoms with Crippen molar-refractivity contribution in [3.8, 4) is 0 Å². The molecule has 3 nitrogen and oxygen atoms in total. The maximum atomic E-state index is 12.2. The first-order valence-electron chi connectivity index (χ1n) is 7.11. The van der Waals surface area contributed by atoms with E-state index in [1.165, 1.54) is 4.90 Å². The molecule has 19 heavy (non-hydrogen) atoms. The summed E-state index contributed by atoms with van der Waals surface area (Å²) in [7, 11) is 0. The Hall–Kier alpha value is -0.330. The first-order chi connectivity index (χ1) is 8.86. The van der Waals surface area contributed by atoms with Crippen LogP contribution in [0, 0.1) is 0 Å². The van der Waals surface area contributed by atoms with E-state index in [4.69, 9.17) is 0 Å². The maximum absolute atomic E-state index is 12.2. The topological polar surface area (TPSA) is 35.5 Å². The van der Waals surface area contributed by atoms with Crippen molar-refractivity contribution >= 4 is 0 Å². The first-order valence-corrected chi connectivity index (χ1v) is 7.11. The zero-order valence-electron chi connectivity index (χ0n) is 11.2. The molecule has 2 rings (SSSR count). The number of hydrogen-bond donors (Lipinski definition) is 2. The summed E-state index contributed by atoms with van der Waals surface area (Å²) in [5, 5.41) is 13.5. The minimum absolute atomic E-state index is 0.245. The molecule has 1 aliphatic carbocycles. The summed E-state index contributed by atoms with van der Waals surface area (Å²) in [4.78, 5) is 1.46. The molecule has 2 N–H and O–H groups in total. The SMILES string of the molecule is OC1(CNC2CCN(CC(F)(F)F)CC2)CCCC1. The molecule has 2 aliphatic rings. The van der Waals surface area contributed by atoms with E-state index >= 15 is 0 Å². The normalized spacial score (nSPS) is 25.9. The van der Waals surface area contributed by atoms with Gasteiger partial charge in [0.2, 0.25) is 0 Å².